The lowest BCUT2D eigenvalue weighted by Crippen LogP contribution is -2.54. The maximum atomic E-state index is 13.4. The number of carbonyl (C=O) groups is 3. The molecule has 2 aliphatic rings. The van der Waals surface area contributed by atoms with Gasteiger partial charge in [-0.3, -0.25) is 29.8 Å². The fourth-order valence-electron chi connectivity index (χ4n) is 4.59. The number of phenols is 1. The second-order valence-corrected chi connectivity index (χ2v) is 7.67. The van der Waals surface area contributed by atoms with Crippen LogP contribution < -0.4 is 10.2 Å². The maximum Gasteiger partial charge on any atom is 0.326 e. The molecule has 2 saturated heterocycles. The molecule has 2 fully saturated rings. The van der Waals surface area contributed by atoms with Gasteiger partial charge in [-0.15, -0.1) is 0 Å². The summed E-state index contributed by atoms with van der Waals surface area (Å²) in [5.41, 5.74) is -1.62. The number of nitro groups is 1. The van der Waals surface area contributed by atoms with Gasteiger partial charge < -0.3 is 9.84 Å². The molecule has 10 heteroatoms. The fraction of sp³-hybridized carbons (Fsp3) is 0.286. The first-order chi connectivity index (χ1) is 14.7. The summed E-state index contributed by atoms with van der Waals surface area (Å²) in [6, 6.07) is 10.6. The Hall–Kier alpha value is -3.79. The van der Waals surface area contributed by atoms with Crippen molar-refractivity contribution in [3.05, 3.63) is 64.2 Å². The summed E-state index contributed by atoms with van der Waals surface area (Å²) in [4.78, 5) is 51.4. The fourth-order valence-corrected chi connectivity index (χ4v) is 4.59. The van der Waals surface area contributed by atoms with Crippen LogP contribution in [0.5, 0.6) is 5.75 Å². The van der Waals surface area contributed by atoms with Crippen molar-refractivity contribution >= 4 is 29.2 Å². The smallest absolute Gasteiger partial charge is 0.326 e. The molecule has 4 atom stereocenters. The number of imide groups is 1. The predicted molar refractivity (Wildman–Crippen MR) is 107 cm³/mol. The third-order valence-corrected chi connectivity index (χ3v) is 5.95. The van der Waals surface area contributed by atoms with E-state index in [1.165, 1.54) is 13.0 Å². The summed E-state index contributed by atoms with van der Waals surface area (Å²) < 4.78 is 4.89. The summed E-state index contributed by atoms with van der Waals surface area (Å²) in [5.74, 6) is -4.49. The van der Waals surface area contributed by atoms with Gasteiger partial charge in [0.1, 0.15) is 11.3 Å². The van der Waals surface area contributed by atoms with Gasteiger partial charge in [0.15, 0.2) is 0 Å². The molecule has 0 radical (unpaired) electrons. The lowest BCUT2D eigenvalue weighted by molar-refractivity contribution is -0.385. The van der Waals surface area contributed by atoms with Crippen LogP contribution in [-0.2, 0) is 19.1 Å². The number of hydrogen-bond acceptors (Lipinski definition) is 8. The number of phenolic OH excluding ortho intramolecular Hbond substituents is 1. The number of rotatable bonds is 4. The van der Waals surface area contributed by atoms with Crippen LogP contribution >= 0.6 is 0 Å². The van der Waals surface area contributed by atoms with E-state index in [1.54, 1.807) is 30.3 Å². The first-order valence-corrected chi connectivity index (χ1v) is 9.47. The topological polar surface area (TPSA) is 139 Å². The highest BCUT2D eigenvalue weighted by Crippen LogP contribution is 2.51. The van der Waals surface area contributed by atoms with Crippen LogP contribution in [0.2, 0.25) is 0 Å². The van der Waals surface area contributed by atoms with E-state index < -0.39 is 46.1 Å². The molecule has 10 nitrogen and oxygen atoms in total. The Kier molecular flexibility index (Phi) is 4.74. The van der Waals surface area contributed by atoms with Gasteiger partial charge in [0.2, 0.25) is 11.8 Å². The summed E-state index contributed by atoms with van der Waals surface area (Å²) in [6.07, 6.45) is 0. The largest absolute Gasteiger partial charge is 0.508 e. The number of fused-ring (bicyclic) bond motifs is 1. The Morgan fingerprint density at radius 3 is 2.48 bits per heavy atom. The maximum absolute atomic E-state index is 13.4. The Bertz CT molecular complexity index is 1100. The van der Waals surface area contributed by atoms with E-state index in [1.807, 2.05) is 0 Å². The van der Waals surface area contributed by atoms with E-state index in [-0.39, 0.29) is 17.0 Å². The monoisotopic (exact) mass is 425 g/mol. The van der Waals surface area contributed by atoms with E-state index in [9.17, 15) is 29.6 Å². The average molecular weight is 425 g/mol. The standard InChI is InChI=1S/C21H19N3O7/c1-21(20(28)31-2)16-15(18(26)23(19(16)27)11-6-4-3-5-7-11)17(22-21)13-10-12(25)8-9-14(13)24(29)30/h3-10,15-17,22,25H,1-2H3/t15?,16?,17-,21+/m0/s1. The van der Waals surface area contributed by atoms with Gasteiger partial charge in [0.25, 0.3) is 5.69 Å². The molecule has 0 bridgehead atoms. The molecular formula is C21H19N3O7. The zero-order valence-corrected chi connectivity index (χ0v) is 16.6. The minimum Gasteiger partial charge on any atom is -0.508 e. The van der Waals surface area contributed by atoms with E-state index in [0.29, 0.717) is 5.69 Å². The predicted octanol–water partition coefficient (Wildman–Crippen LogP) is 1.68. The highest BCUT2D eigenvalue weighted by Gasteiger charge is 2.67. The lowest BCUT2D eigenvalue weighted by atomic mass is 9.80. The molecule has 2 unspecified atom stereocenters. The molecule has 2 aliphatic heterocycles. The van der Waals surface area contributed by atoms with Gasteiger partial charge in [-0.1, -0.05) is 18.2 Å². The molecule has 2 aromatic rings. The first-order valence-electron chi connectivity index (χ1n) is 9.47. The van der Waals surface area contributed by atoms with Crippen LogP contribution in [-0.4, -0.2) is 40.5 Å². The Morgan fingerprint density at radius 2 is 1.87 bits per heavy atom. The van der Waals surface area contributed by atoms with Crippen LogP contribution in [0.4, 0.5) is 11.4 Å². The number of methoxy groups -OCH3 is 1. The zero-order valence-electron chi connectivity index (χ0n) is 16.6. The van der Waals surface area contributed by atoms with Crippen LogP contribution in [0.15, 0.2) is 48.5 Å². The molecule has 160 valence electrons. The van der Waals surface area contributed by atoms with Crippen molar-refractivity contribution in [2.45, 2.75) is 18.5 Å². The van der Waals surface area contributed by atoms with Crippen LogP contribution in [0.25, 0.3) is 0 Å². The molecule has 0 aromatic heterocycles. The zero-order chi connectivity index (χ0) is 22.5. The van der Waals surface area contributed by atoms with Gasteiger partial charge in [-0.05, 0) is 31.2 Å². The van der Waals surface area contributed by atoms with Crippen LogP contribution in [0.1, 0.15) is 18.5 Å². The number of para-hydroxylation sites is 1. The molecule has 0 aliphatic carbocycles. The van der Waals surface area contributed by atoms with Crippen LogP contribution in [0.3, 0.4) is 0 Å². The molecule has 2 heterocycles. The summed E-state index contributed by atoms with van der Waals surface area (Å²) in [6.45, 7) is 1.44. The first kappa shape index (κ1) is 20.5. The molecular weight excluding hydrogens is 406 g/mol. The number of nitro benzene ring substituents is 1. The summed E-state index contributed by atoms with van der Waals surface area (Å²) in [7, 11) is 1.16. The van der Waals surface area contributed by atoms with Crippen molar-refractivity contribution in [2.24, 2.45) is 11.8 Å². The van der Waals surface area contributed by atoms with Gasteiger partial charge in [-0.25, -0.2) is 4.90 Å². The summed E-state index contributed by atoms with van der Waals surface area (Å²) >= 11 is 0. The third kappa shape index (κ3) is 2.95. The lowest BCUT2D eigenvalue weighted by Gasteiger charge is -2.28. The van der Waals surface area contributed by atoms with E-state index in [4.69, 9.17) is 4.74 Å². The minimum absolute atomic E-state index is 0.00342. The van der Waals surface area contributed by atoms with E-state index in [2.05, 4.69) is 5.32 Å². The quantitative estimate of drug-likeness (QED) is 0.326. The highest BCUT2D eigenvalue weighted by atomic mass is 16.6. The number of aromatic hydroxyl groups is 1. The number of nitrogens with one attached hydrogen (secondary N) is 1. The van der Waals surface area contributed by atoms with Gasteiger partial charge in [-0.2, -0.15) is 0 Å². The van der Waals surface area contributed by atoms with Crippen LogP contribution in [0, 0.1) is 22.0 Å². The Labute approximate surface area is 176 Å². The van der Waals surface area contributed by atoms with Crippen molar-refractivity contribution in [3.63, 3.8) is 0 Å². The average Bonchev–Trinajstić information content (AvgIpc) is 3.21. The van der Waals surface area contributed by atoms with E-state index >= 15 is 0 Å². The molecule has 4 rings (SSSR count). The Morgan fingerprint density at radius 1 is 1.19 bits per heavy atom. The molecule has 2 N–H and O–H groups in total. The van der Waals surface area contributed by atoms with Gasteiger partial charge in [0, 0.05) is 6.07 Å². The third-order valence-electron chi connectivity index (χ3n) is 5.95. The number of nitrogens with zero attached hydrogens (tertiary/aromatic N) is 2. The number of ether oxygens (including phenoxy) is 1. The van der Waals surface area contributed by atoms with Crippen molar-refractivity contribution in [2.75, 3.05) is 12.0 Å². The Balaban J connectivity index is 1.90. The normalized spacial score (nSPS) is 27.3. The van der Waals surface area contributed by atoms with E-state index in [0.717, 1.165) is 24.1 Å². The van der Waals surface area contributed by atoms with Crippen molar-refractivity contribution < 1.29 is 29.2 Å². The number of benzene rings is 2. The molecule has 0 spiro atoms. The van der Waals surface area contributed by atoms with Gasteiger partial charge in [0.05, 0.1) is 41.2 Å². The second-order valence-electron chi connectivity index (χ2n) is 7.67. The molecule has 2 aromatic carbocycles. The number of esters is 1. The SMILES string of the molecule is COC(=O)[C@]1(C)N[C@@H](c2cc(O)ccc2[N+](=O)[O-])C2C(=O)N(c3ccccc3)C(=O)C21. The summed E-state index contributed by atoms with van der Waals surface area (Å²) in [5, 5.41) is 24.5. The van der Waals surface area contributed by atoms with Crippen molar-refractivity contribution in [3.8, 4) is 5.75 Å². The highest BCUT2D eigenvalue weighted by molar-refractivity contribution is 6.24. The van der Waals surface area contributed by atoms with Crippen molar-refractivity contribution in [1.82, 2.24) is 5.32 Å². The molecule has 31 heavy (non-hydrogen) atoms. The second kappa shape index (κ2) is 7.17. The minimum atomic E-state index is -1.61. The number of carbonyl (C=O) groups excluding carboxylic acids is 3. The molecule has 2 amide bonds. The molecule has 0 saturated carbocycles. The van der Waals surface area contributed by atoms with Gasteiger partial charge >= 0.3 is 5.97 Å². The number of hydrogen-bond donors (Lipinski definition) is 2. The van der Waals surface area contributed by atoms with Crippen molar-refractivity contribution in [1.29, 1.82) is 0 Å². The number of anilines is 1. The number of amides is 2.